The van der Waals surface area contributed by atoms with Crippen LogP contribution in [0.3, 0.4) is 0 Å². The van der Waals surface area contributed by atoms with E-state index in [9.17, 15) is 0 Å². The van der Waals surface area contributed by atoms with Crippen molar-refractivity contribution in [3.63, 3.8) is 0 Å². The van der Waals surface area contributed by atoms with Gasteiger partial charge in [-0.1, -0.05) is 0 Å². The normalized spacial score (nSPS) is 0. The van der Waals surface area contributed by atoms with E-state index in [0.29, 0.717) is 0 Å². The molecular formula is H2BNbSbSnTaTiWZr. The molecule has 8 heteroatoms. The fraction of sp³-hybridized carbons (Fsp3) is 0. The van der Waals surface area contributed by atoms with Gasteiger partial charge in [0.05, 0.1) is 0 Å². The first-order chi connectivity index (χ1) is 0. The third-order valence-electron chi connectivity index (χ3n) is 0. The van der Waals surface area contributed by atoms with Gasteiger partial charge in [-0.3, -0.25) is 0 Å². The van der Waals surface area contributed by atoms with Gasteiger partial charge >= 0.3 is 24.4 Å². The van der Waals surface area contributed by atoms with Crippen LogP contribution in [0.5, 0.6) is 0 Å². The summed E-state index contributed by atoms with van der Waals surface area (Å²) in [6.45, 7) is 0. The van der Waals surface area contributed by atoms with Crippen molar-refractivity contribution in [3.8, 4) is 0 Å². The Labute approximate surface area is 166 Å². The monoisotopic (exact) mass is 849 g/mol. The third-order valence-corrected chi connectivity index (χ3v) is 0. The Bertz CT molecular complexity index is 24.0. The molecule has 0 heterocycles. The van der Waals surface area contributed by atoms with E-state index < -0.39 is 0 Å². The molecule has 0 spiro atoms. The molecule has 0 rings (SSSR count). The van der Waals surface area contributed by atoms with E-state index in [1.165, 1.54) is 0 Å². The topological polar surface area (TPSA) is 0 Å². The molecular weight excluding hydrogens is 848 g/mol. The molecule has 0 aliphatic carbocycles. The van der Waals surface area contributed by atoms with Gasteiger partial charge in [0.1, 0.15) is 0 Å². The molecule has 0 aromatic carbocycles. The summed E-state index contributed by atoms with van der Waals surface area (Å²) in [4.78, 5) is 0. The first-order valence-corrected chi connectivity index (χ1v) is 0. The second kappa shape index (κ2) is 55.0. The zero-order valence-electron chi connectivity index (χ0n) is 3.96. The summed E-state index contributed by atoms with van der Waals surface area (Å²) < 4.78 is 0. The van der Waals surface area contributed by atoms with Crippen molar-refractivity contribution >= 4 is 56.7 Å². The number of hydrogen-bond acceptors (Lipinski definition) is 0. The summed E-state index contributed by atoms with van der Waals surface area (Å²) >= 11 is 0. The van der Waals surface area contributed by atoms with Crippen molar-refractivity contribution in [1.82, 2.24) is 0 Å². The number of rotatable bonds is 0. The first kappa shape index (κ1) is 70.2. The fourth-order valence-corrected chi connectivity index (χ4v) is 0. The molecule has 38 valence electrons. The molecule has 0 aromatic rings. The SMILES string of the molecule is [B].[Nb].[SbH2].[Sn].[Ta].[Ti].[W].[Zr]. The van der Waals surface area contributed by atoms with Gasteiger partial charge < -0.3 is 0 Å². The molecule has 0 N–H and O–H groups in total. The largest absolute Gasteiger partial charge is 0 e. The van der Waals surface area contributed by atoms with Crippen molar-refractivity contribution in [3.05, 3.63) is 0 Å². The third kappa shape index (κ3) is 42.1. The van der Waals surface area contributed by atoms with Crippen LogP contribution >= 0.6 is 0 Å². The van der Waals surface area contributed by atoms with Crippen LogP contribution in [0.15, 0.2) is 0 Å². The smallest absolute Gasteiger partial charge is 0 e. The Morgan fingerprint density at radius 3 is 1.00 bits per heavy atom. The maximum absolute atomic E-state index is 0. The molecule has 0 aromatic heterocycles. The van der Waals surface area contributed by atoms with E-state index in [-0.39, 0.29) is 170 Å². The van der Waals surface area contributed by atoms with Crippen LogP contribution in [0.25, 0.3) is 0 Å². The molecule has 0 fully saturated rings. The van der Waals surface area contributed by atoms with E-state index in [0.717, 1.165) is 0 Å². The molecule has 8 heavy (non-hydrogen) atoms. The van der Waals surface area contributed by atoms with Crippen molar-refractivity contribution in [2.45, 2.75) is 0 Å². The summed E-state index contributed by atoms with van der Waals surface area (Å²) in [5.74, 6) is 0. The molecule has 0 atom stereocenters. The zero-order chi connectivity index (χ0) is 0. The van der Waals surface area contributed by atoms with Gasteiger partial charge in [0.2, 0.25) is 0 Å². The Kier molecular flexibility index (Phi) is 482. The van der Waals surface area contributed by atoms with E-state index in [4.69, 9.17) is 0 Å². The fourth-order valence-electron chi connectivity index (χ4n) is 0. The summed E-state index contributed by atoms with van der Waals surface area (Å²) in [5.41, 5.74) is 0. The van der Waals surface area contributed by atoms with Gasteiger partial charge in [-0.05, 0) is 0 Å². The Balaban J connectivity index is 0. The minimum absolute atomic E-state index is 0. The molecule has 10 radical (unpaired) electrons. The van der Waals surface area contributed by atoms with Crippen LogP contribution in [0.4, 0.5) is 0 Å². The summed E-state index contributed by atoms with van der Waals surface area (Å²) in [5, 5.41) is 0. The van der Waals surface area contributed by atoms with Crippen molar-refractivity contribution in [2.75, 3.05) is 0 Å². The molecule has 0 unspecified atom stereocenters. The Morgan fingerprint density at radius 2 is 1.00 bits per heavy atom. The van der Waals surface area contributed by atoms with E-state index in [1.54, 1.807) is 0 Å². The minimum atomic E-state index is 0. The van der Waals surface area contributed by atoms with Gasteiger partial charge in [0.25, 0.3) is 0 Å². The first-order valence-electron chi connectivity index (χ1n) is 0. The van der Waals surface area contributed by atoms with Gasteiger partial charge in [-0.15, -0.1) is 0 Å². The van der Waals surface area contributed by atoms with Gasteiger partial charge in [-0.25, -0.2) is 0 Å². The average molecular weight is 850 g/mol. The average Bonchev–Trinajstić information content (AvgIpc) is 0. The second-order valence-electron chi connectivity index (χ2n) is 0. The van der Waals surface area contributed by atoms with Crippen LogP contribution in [-0.4, -0.2) is 56.7 Å². The van der Waals surface area contributed by atoms with E-state index >= 15 is 0 Å². The predicted molar refractivity (Wildman–Crippen MR) is 20.1 cm³/mol. The predicted octanol–water partition coefficient (Wildman–Crippen LogP) is -1.69. The van der Waals surface area contributed by atoms with Crippen LogP contribution in [0.1, 0.15) is 0 Å². The van der Waals surface area contributed by atoms with Crippen LogP contribution in [-0.2, 0) is 114 Å². The summed E-state index contributed by atoms with van der Waals surface area (Å²) in [7, 11) is 0. The molecule has 0 nitrogen and oxygen atoms in total. The van der Waals surface area contributed by atoms with Crippen molar-refractivity contribution in [2.24, 2.45) is 0 Å². The molecule has 0 aliphatic heterocycles. The van der Waals surface area contributed by atoms with Gasteiger partial charge in [0, 0.05) is 146 Å². The zero-order valence-corrected chi connectivity index (χ0v) is 22.5. The quantitative estimate of drug-likeness (QED) is 0.256. The molecule has 0 aliphatic rings. The molecule has 0 saturated carbocycles. The second-order valence-corrected chi connectivity index (χ2v) is 0. The van der Waals surface area contributed by atoms with Gasteiger partial charge in [0.15, 0.2) is 0 Å². The van der Waals surface area contributed by atoms with Crippen molar-refractivity contribution < 1.29 is 114 Å². The standard InChI is InChI=1S/B.Nb.Sb.Sn.Ta.Ti.W.Zr.2H. The summed E-state index contributed by atoms with van der Waals surface area (Å²) in [6.07, 6.45) is 0. The van der Waals surface area contributed by atoms with Crippen LogP contribution in [0, 0.1) is 0 Å². The molecule has 0 bridgehead atoms. The van der Waals surface area contributed by atoms with E-state index in [1.807, 2.05) is 0 Å². The van der Waals surface area contributed by atoms with E-state index in [2.05, 4.69) is 0 Å². The van der Waals surface area contributed by atoms with Crippen LogP contribution < -0.4 is 0 Å². The van der Waals surface area contributed by atoms with Crippen molar-refractivity contribution in [1.29, 1.82) is 0 Å². The molecule has 0 saturated heterocycles. The summed E-state index contributed by atoms with van der Waals surface area (Å²) in [6, 6.07) is 0. The Morgan fingerprint density at radius 1 is 1.00 bits per heavy atom. The maximum Gasteiger partial charge on any atom is 0 e. The minimum Gasteiger partial charge on any atom is 0 e. The number of hydrogen-bond donors (Lipinski definition) is 0. The van der Waals surface area contributed by atoms with Crippen LogP contribution in [0.2, 0.25) is 0 Å². The van der Waals surface area contributed by atoms with Gasteiger partial charge in [-0.2, -0.15) is 0 Å². The maximum atomic E-state index is 0. The Hall–Kier alpha value is 5.45. The molecule has 0 amide bonds.